The zero-order valence-corrected chi connectivity index (χ0v) is 7.83. The number of rotatable bonds is 2. The monoisotopic (exact) mass is 164 g/mol. The molecule has 0 N–H and O–H groups in total. The van der Waals surface area contributed by atoms with Crippen LogP contribution in [0.3, 0.4) is 0 Å². The van der Waals surface area contributed by atoms with Crippen molar-refractivity contribution in [3.63, 3.8) is 0 Å². The Kier molecular flexibility index (Phi) is 1.93. The highest BCUT2D eigenvalue weighted by Gasteiger charge is 2.21. The van der Waals surface area contributed by atoms with E-state index >= 15 is 0 Å². The molecule has 0 aliphatic carbocycles. The quantitative estimate of drug-likeness (QED) is 0.642. The van der Waals surface area contributed by atoms with E-state index in [2.05, 4.69) is 41.9 Å². The number of nitrogens with zero attached hydrogens (tertiary/aromatic N) is 2. The predicted molar refractivity (Wildman–Crippen MR) is 49.9 cm³/mol. The molecule has 1 fully saturated rings. The van der Waals surface area contributed by atoms with Crippen molar-refractivity contribution < 1.29 is 0 Å². The highest BCUT2D eigenvalue weighted by atomic mass is 15.2. The molecule has 0 atom stereocenters. The molecule has 66 valence electrons. The Morgan fingerprint density at radius 1 is 1.50 bits per heavy atom. The molecule has 0 amide bonds. The lowest BCUT2D eigenvalue weighted by Crippen LogP contribution is -2.44. The topological polar surface area (TPSA) is 8.17 Å². The first-order valence-corrected chi connectivity index (χ1v) is 4.57. The van der Waals surface area contributed by atoms with Crippen molar-refractivity contribution in [2.24, 2.45) is 13.0 Å². The molecule has 0 aromatic carbocycles. The molecule has 1 saturated heterocycles. The highest BCUT2D eigenvalue weighted by Crippen LogP contribution is 2.17. The van der Waals surface area contributed by atoms with Gasteiger partial charge >= 0.3 is 0 Å². The van der Waals surface area contributed by atoms with Gasteiger partial charge in [0.15, 0.2) is 0 Å². The molecular weight excluding hydrogens is 148 g/mol. The molecule has 1 aliphatic heterocycles. The van der Waals surface area contributed by atoms with Gasteiger partial charge in [0.2, 0.25) is 0 Å². The van der Waals surface area contributed by atoms with Gasteiger partial charge in [0.25, 0.3) is 0 Å². The number of aromatic nitrogens is 1. The third-order valence-electron chi connectivity index (χ3n) is 2.44. The molecule has 0 saturated carbocycles. The second-order valence-corrected chi connectivity index (χ2v) is 3.98. The molecule has 1 aromatic heterocycles. The fraction of sp³-hybridized carbons (Fsp3) is 0.600. The zero-order chi connectivity index (χ0) is 8.55. The Balaban J connectivity index is 1.88. The van der Waals surface area contributed by atoms with E-state index in [1.807, 2.05) is 0 Å². The summed E-state index contributed by atoms with van der Waals surface area (Å²) in [7, 11) is 2.07. The number of likely N-dealkylation sites (tertiary alicyclic amines) is 1. The molecule has 0 unspecified atom stereocenters. The van der Waals surface area contributed by atoms with E-state index in [-0.39, 0.29) is 0 Å². The van der Waals surface area contributed by atoms with Gasteiger partial charge in [-0.1, -0.05) is 6.92 Å². The minimum atomic E-state index is 0.911. The van der Waals surface area contributed by atoms with Gasteiger partial charge in [0.05, 0.1) is 0 Å². The molecule has 1 aliphatic rings. The summed E-state index contributed by atoms with van der Waals surface area (Å²) in [6, 6.07) is 2.20. The Morgan fingerprint density at radius 2 is 2.25 bits per heavy atom. The summed E-state index contributed by atoms with van der Waals surface area (Å²) in [6.45, 7) is 5.98. The molecule has 1 aromatic rings. The minimum Gasteiger partial charge on any atom is -0.357 e. The van der Waals surface area contributed by atoms with E-state index in [1.165, 1.54) is 18.7 Å². The lowest BCUT2D eigenvalue weighted by atomic mass is 10.0. The maximum absolute atomic E-state index is 2.49. The van der Waals surface area contributed by atoms with Crippen molar-refractivity contribution in [2.75, 3.05) is 13.1 Å². The molecule has 2 nitrogen and oxygen atoms in total. The first-order valence-electron chi connectivity index (χ1n) is 4.57. The number of hydrogen-bond acceptors (Lipinski definition) is 1. The second-order valence-electron chi connectivity index (χ2n) is 3.98. The Morgan fingerprint density at radius 3 is 2.75 bits per heavy atom. The molecule has 2 heteroatoms. The summed E-state index contributed by atoms with van der Waals surface area (Å²) >= 11 is 0. The molecule has 12 heavy (non-hydrogen) atoms. The number of aryl methyl sites for hydroxylation is 1. The minimum absolute atomic E-state index is 0.911. The van der Waals surface area contributed by atoms with Crippen LogP contribution in [0.15, 0.2) is 18.5 Å². The van der Waals surface area contributed by atoms with E-state index in [0.29, 0.717) is 0 Å². The van der Waals surface area contributed by atoms with Gasteiger partial charge in [-0.15, -0.1) is 0 Å². The van der Waals surface area contributed by atoms with Gasteiger partial charge in [-0.25, -0.2) is 0 Å². The van der Waals surface area contributed by atoms with E-state index in [1.54, 1.807) is 0 Å². The fourth-order valence-corrected chi connectivity index (χ4v) is 1.87. The van der Waals surface area contributed by atoms with Crippen LogP contribution in [-0.4, -0.2) is 22.6 Å². The summed E-state index contributed by atoms with van der Waals surface area (Å²) in [5.41, 5.74) is 1.43. The summed E-state index contributed by atoms with van der Waals surface area (Å²) in [5.74, 6) is 0.911. The maximum Gasteiger partial charge on any atom is 0.0249 e. The van der Waals surface area contributed by atoms with Crippen molar-refractivity contribution in [3.8, 4) is 0 Å². The fourth-order valence-electron chi connectivity index (χ4n) is 1.87. The van der Waals surface area contributed by atoms with Gasteiger partial charge in [0, 0.05) is 39.1 Å². The predicted octanol–water partition coefficient (Wildman–Crippen LogP) is 1.48. The lowest BCUT2D eigenvalue weighted by Gasteiger charge is -2.36. The Bertz CT molecular complexity index is 259. The average molecular weight is 164 g/mol. The molecular formula is C10H16N2. The molecule has 0 radical (unpaired) electrons. The first-order chi connectivity index (χ1) is 5.74. The molecule has 0 spiro atoms. The zero-order valence-electron chi connectivity index (χ0n) is 7.83. The van der Waals surface area contributed by atoms with Gasteiger partial charge in [0.1, 0.15) is 0 Å². The van der Waals surface area contributed by atoms with Crippen molar-refractivity contribution in [2.45, 2.75) is 13.5 Å². The molecule has 2 heterocycles. The third kappa shape index (κ3) is 1.53. The van der Waals surface area contributed by atoms with E-state index in [9.17, 15) is 0 Å². The van der Waals surface area contributed by atoms with Crippen LogP contribution in [0, 0.1) is 5.92 Å². The molecule has 0 bridgehead atoms. The van der Waals surface area contributed by atoms with Crippen LogP contribution < -0.4 is 0 Å². The van der Waals surface area contributed by atoms with Crippen LogP contribution >= 0.6 is 0 Å². The number of hydrogen-bond donors (Lipinski definition) is 0. The third-order valence-corrected chi connectivity index (χ3v) is 2.44. The Labute approximate surface area is 73.8 Å². The van der Waals surface area contributed by atoms with Crippen LogP contribution in [0.2, 0.25) is 0 Å². The van der Waals surface area contributed by atoms with Crippen molar-refractivity contribution in [1.29, 1.82) is 0 Å². The van der Waals surface area contributed by atoms with Gasteiger partial charge in [-0.3, -0.25) is 4.90 Å². The molecule has 2 rings (SSSR count). The second kappa shape index (κ2) is 2.94. The van der Waals surface area contributed by atoms with Crippen LogP contribution in [0.4, 0.5) is 0 Å². The highest BCUT2D eigenvalue weighted by molar-refractivity contribution is 5.10. The Hall–Kier alpha value is -0.760. The van der Waals surface area contributed by atoms with Crippen LogP contribution in [0.1, 0.15) is 12.5 Å². The van der Waals surface area contributed by atoms with E-state index < -0.39 is 0 Å². The summed E-state index contributed by atoms with van der Waals surface area (Å²) in [6.07, 6.45) is 4.31. The normalized spacial score (nSPS) is 19.5. The summed E-state index contributed by atoms with van der Waals surface area (Å²) in [5, 5.41) is 0. The largest absolute Gasteiger partial charge is 0.357 e. The van der Waals surface area contributed by atoms with E-state index in [4.69, 9.17) is 0 Å². The van der Waals surface area contributed by atoms with Gasteiger partial charge in [-0.2, -0.15) is 0 Å². The van der Waals surface area contributed by atoms with Crippen molar-refractivity contribution in [3.05, 3.63) is 24.0 Å². The first kappa shape index (κ1) is 7.87. The van der Waals surface area contributed by atoms with Gasteiger partial charge in [-0.05, 0) is 17.5 Å². The van der Waals surface area contributed by atoms with Gasteiger partial charge < -0.3 is 4.57 Å². The standard InChI is InChI=1S/C10H16N2/c1-9-5-12(6-9)8-10-3-4-11(2)7-10/h3-4,7,9H,5-6,8H2,1-2H3. The SMILES string of the molecule is CC1CN(Cc2ccn(C)c2)C1. The van der Waals surface area contributed by atoms with Crippen LogP contribution in [0.25, 0.3) is 0 Å². The summed E-state index contributed by atoms with van der Waals surface area (Å²) < 4.78 is 2.11. The van der Waals surface area contributed by atoms with Crippen LogP contribution in [0.5, 0.6) is 0 Å². The van der Waals surface area contributed by atoms with Crippen molar-refractivity contribution >= 4 is 0 Å². The summed E-state index contributed by atoms with van der Waals surface area (Å²) in [4.78, 5) is 2.49. The maximum atomic E-state index is 2.49. The average Bonchev–Trinajstić information content (AvgIpc) is 2.33. The van der Waals surface area contributed by atoms with E-state index in [0.717, 1.165) is 12.5 Å². The lowest BCUT2D eigenvalue weighted by molar-refractivity contribution is 0.105. The smallest absolute Gasteiger partial charge is 0.0249 e. The van der Waals surface area contributed by atoms with Crippen molar-refractivity contribution in [1.82, 2.24) is 9.47 Å². The van der Waals surface area contributed by atoms with Crippen LogP contribution in [-0.2, 0) is 13.6 Å².